The smallest absolute Gasteiger partial charge is 0.296 e. The minimum Gasteiger partial charge on any atom is -0.296 e. The molecule has 1 N–H and O–H groups in total. The van der Waals surface area contributed by atoms with Gasteiger partial charge in [-0.1, -0.05) is 67.0 Å². The molecule has 0 amide bonds. The largest absolute Gasteiger partial charge is 0.439 e. The molecular weight excluding hydrogens is 538 g/mol. The van der Waals surface area contributed by atoms with Crippen LogP contribution in [0.15, 0.2) is 93.2 Å². The first kappa shape index (κ1) is 28.1. The number of halogens is 1. The van der Waals surface area contributed by atoms with E-state index in [1.165, 1.54) is 23.0 Å². The van der Waals surface area contributed by atoms with Gasteiger partial charge in [-0.2, -0.15) is 10.1 Å². The van der Waals surface area contributed by atoms with E-state index in [-0.39, 0.29) is 62.8 Å². The van der Waals surface area contributed by atoms with Crippen molar-refractivity contribution in [2.24, 2.45) is 0 Å². The molecule has 0 aliphatic rings. The fourth-order valence-corrected chi connectivity index (χ4v) is 4.84. The van der Waals surface area contributed by atoms with E-state index in [9.17, 15) is 14.0 Å². The van der Waals surface area contributed by atoms with Crippen LogP contribution in [0.1, 0.15) is 30.2 Å². The summed E-state index contributed by atoms with van der Waals surface area (Å²) in [5, 5.41) is 8.24. The molecule has 0 aliphatic carbocycles. The number of aryl methyl sites for hydroxylation is 1. The number of hydrogen-bond donors (Lipinski definition) is 1. The van der Waals surface area contributed by atoms with Crippen molar-refractivity contribution >= 4 is 57.2 Å². The molecule has 195 valence electrons. The van der Waals surface area contributed by atoms with Gasteiger partial charge < -0.3 is 0 Å². The van der Waals surface area contributed by atoms with Crippen LogP contribution < -0.4 is 11.3 Å². The minimum atomic E-state index is -0.617. The van der Waals surface area contributed by atoms with Crippen LogP contribution in [0.25, 0.3) is 34.0 Å². The van der Waals surface area contributed by atoms with Gasteiger partial charge in [0.05, 0.1) is 11.4 Å². The average molecular weight is 562 g/mol. The number of rotatable bonds is 7. The van der Waals surface area contributed by atoms with E-state index in [0.29, 0.717) is 35.7 Å². The summed E-state index contributed by atoms with van der Waals surface area (Å²) in [5.41, 5.74) is 5.18. The monoisotopic (exact) mass is 561 g/mol. The number of nitrogens with zero attached hydrogens (tertiary/aromatic N) is 5. The number of H-pyrrole nitrogens is 1. The zero-order chi connectivity index (χ0) is 26.9. The van der Waals surface area contributed by atoms with E-state index in [1.807, 2.05) is 55.5 Å². The fourth-order valence-electron chi connectivity index (χ4n) is 4.84. The van der Waals surface area contributed by atoms with Gasteiger partial charge in [-0.05, 0) is 47.4 Å². The summed E-state index contributed by atoms with van der Waals surface area (Å²) >= 11 is 0. The Morgan fingerprint density at radius 2 is 1.68 bits per heavy atom. The molecule has 6 aromatic rings. The van der Waals surface area contributed by atoms with Crippen molar-refractivity contribution in [2.75, 3.05) is 0 Å². The molecule has 1 radical (unpaired) electrons. The summed E-state index contributed by atoms with van der Waals surface area (Å²) in [6, 6.07) is 21.2. The molecule has 6 rings (SSSR count). The first-order valence-electron chi connectivity index (χ1n) is 12.5. The third-order valence-electron chi connectivity index (χ3n) is 6.63. The van der Waals surface area contributed by atoms with Crippen molar-refractivity contribution in [3.8, 4) is 28.2 Å². The summed E-state index contributed by atoms with van der Waals surface area (Å²) in [7, 11) is 0. The van der Waals surface area contributed by atoms with Crippen LogP contribution in [0.5, 0.6) is 0 Å². The zero-order valence-electron chi connectivity index (χ0n) is 22.0. The van der Waals surface area contributed by atoms with Gasteiger partial charge in [-0.25, -0.2) is 18.3 Å². The standard InChI is InChI=1S/C29H23FN6O3.K/c1-2-5-25-24(27(37)35(28-31-17-32-36(25)28)21-14-12-20(30)13-15-21)16-18-8-10-19(11-9-18)22-6-3-4-7-23(22)26-33-29(38)39-34-26;/h3-4,6-15,17H,2,5,16H2,1H3,(H,33,34,38);. The Bertz CT molecular complexity index is 1910. The molecule has 3 heterocycles. The van der Waals surface area contributed by atoms with E-state index < -0.39 is 5.76 Å². The molecule has 0 saturated heterocycles. The van der Waals surface area contributed by atoms with Gasteiger partial charge in [0.25, 0.3) is 5.56 Å². The van der Waals surface area contributed by atoms with Crippen molar-refractivity contribution in [3.05, 3.63) is 123 Å². The van der Waals surface area contributed by atoms with Crippen molar-refractivity contribution in [2.45, 2.75) is 26.2 Å². The Kier molecular flexibility index (Phi) is 8.38. The topological polar surface area (TPSA) is 111 Å². The van der Waals surface area contributed by atoms with Gasteiger partial charge in [0.15, 0.2) is 5.82 Å². The van der Waals surface area contributed by atoms with E-state index in [4.69, 9.17) is 0 Å². The third kappa shape index (κ3) is 5.30. The van der Waals surface area contributed by atoms with Crippen LogP contribution in [0.4, 0.5) is 4.39 Å². The van der Waals surface area contributed by atoms with E-state index >= 15 is 0 Å². The summed E-state index contributed by atoms with van der Waals surface area (Å²) in [4.78, 5) is 32.3. The molecule has 0 unspecified atom stereocenters. The van der Waals surface area contributed by atoms with Gasteiger partial charge in [0, 0.05) is 68.9 Å². The van der Waals surface area contributed by atoms with Crippen molar-refractivity contribution < 1.29 is 8.91 Å². The van der Waals surface area contributed by atoms with Gasteiger partial charge in [-0.3, -0.25) is 14.3 Å². The maximum absolute atomic E-state index is 13.9. The van der Waals surface area contributed by atoms with E-state index in [1.54, 1.807) is 16.6 Å². The van der Waals surface area contributed by atoms with Crippen LogP contribution in [-0.2, 0) is 12.8 Å². The average Bonchev–Trinajstić information content (AvgIpc) is 3.61. The Morgan fingerprint density at radius 1 is 0.950 bits per heavy atom. The maximum Gasteiger partial charge on any atom is 0.439 e. The Morgan fingerprint density at radius 3 is 2.35 bits per heavy atom. The number of fused-ring (bicyclic) bond motifs is 1. The number of nitrogens with one attached hydrogen (secondary N) is 1. The molecule has 9 nitrogen and oxygen atoms in total. The quantitative estimate of drug-likeness (QED) is 0.293. The predicted octanol–water partition coefficient (Wildman–Crippen LogP) is 4.19. The molecule has 40 heavy (non-hydrogen) atoms. The van der Waals surface area contributed by atoms with Crippen LogP contribution in [0, 0.1) is 5.82 Å². The molecule has 11 heteroatoms. The second-order valence-corrected chi connectivity index (χ2v) is 9.13. The number of aromatic amines is 1. The van der Waals surface area contributed by atoms with Crippen molar-refractivity contribution in [3.63, 3.8) is 0 Å². The van der Waals surface area contributed by atoms with E-state index in [2.05, 4.69) is 24.7 Å². The molecule has 0 atom stereocenters. The zero-order valence-corrected chi connectivity index (χ0v) is 25.1. The van der Waals surface area contributed by atoms with Gasteiger partial charge in [-0.15, -0.1) is 0 Å². The van der Waals surface area contributed by atoms with Crippen LogP contribution in [0.2, 0.25) is 0 Å². The fraction of sp³-hybridized carbons (Fsp3) is 0.138. The van der Waals surface area contributed by atoms with Gasteiger partial charge >= 0.3 is 5.76 Å². The molecule has 3 aromatic heterocycles. The first-order valence-corrected chi connectivity index (χ1v) is 12.5. The number of benzene rings is 3. The molecule has 0 spiro atoms. The van der Waals surface area contributed by atoms with Gasteiger partial charge in [0.1, 0.15) is 12.1 Å². The van der Waals surface area contributed by atoms with E-state index in [0.717, 1.165) is 34.4 Å². The van der Waals surface area contributed by atoms with Crippen molar-refractivity contribution in [1.82, 2.24) is 29.3 Å². The SMILES string of the molecule is CCCc1c(Cc2ccc(-c3ccccc3-c3noc(=O)[nH]3)cc2)c(=O)n(-c2ccc(F)cc2)c2ncnn12.[K]. The van der Waals surface area contributed by atoms with Crippen LogP contribution >= 0.6 is 0 Å². The first-order chi connectivity index (χ1) is 19.0. The third-order valence-corrected chi connectivity index (χ3v) is 6.63. The summed E-state index contributed by atoms with van der Waals surface area (Å²) in [6.45, 7) is 2.05. The molecule has 0 aliphatic heterocycles. The summed E-state index contributed by atoms with van der Waals surface area (Å²) in [6.07, 6.45) is 3.27. The molecule has 0 bridgehead atoms. The summed E-state index contributed by atoms with van der Waals surface area (Å²) < 4.78 is 21.5. The molecule has 3 aromatic carbocycles. The van der Waals surface area contributed by atoms with Crippen LogP contribution in [-0.4, -0.2) is 80.7 Å². The molecule has 0 saturated carbocycles. The van der Waals surface area contributed by atoms with Crippen molar-refractivity contribution in [1.29, 1.82) is 0 Å². The summed E-state index contributed by atoms with van der Waals surface area (Å²) in [5.74, 6) is -0.264. The number of aromatic nitrogens is 6. The Balaban J connectivity index is 0.00000323. The normalized spacial score (nSPS) is 11.1. The Hall–Kier alpha value is -3.48. The predicted molar refractivity (Wildman–Crippen MR) is 149 cm³/mol. The maximum atomic E-state index is 13.9. The van der Waals surface area contributed by atoms with Gasteiger partial charge in [0.2, 0.25) is 5.78 Å². The minimum absolute atomic E-state index is 0. The second kappa shape index (κ2) is 11.9. The van der Waals surface area contributed by atoms with Crippen LogP contribution in [0.3, 0.4) is 0 Å². The molecule has 0 fully saturated rings. The molecular formula is C29H23FKN6O3. The Labute approximate surface area is 270 Å². The number of hydrogen-bond acceptors (Lipinski definition) is 6. The second-order valence-electron chi connectivity index (χ2n) is 9.13.